The molecule has 6 nitrogen and oxygen atoms in total. The Morgan fingerprint density at radius 3 is 0.975 bits per heavy atom. The first-order valence-corrected chi connectivity index (χ1v) is 36.7. The SMILES string of the molecule is CCCCC/C=C\C/C=C\CCCCCCCCCCCC(=O)OCCCCCCCCCCC/C=C\CCCCCCCCCC(=O)NC(CO)C(O)CCCCCCCCCCCCCCCCCCCCCCCCCCC. The number of allylic oxidation sites excluding steroid dienone is 6. The van der Waals surface area contributed by atoms with Crippen LogP contribution in [0.4, 0.5) is 0 Å². The monoisotopic (exact) mass is 1140 g/mol. The summed E-state index contributed by atoms with van der Waals surface area (Å²) in [6.45, 7) is 4.95. The quantitative estimate of drug-likeness (QED) is 0.0320. The Labute approximate surface area is 506 Å². The molecule has 0 bridgehead atoms. The summed E-state index contributed by atoms with van der Waals surface area (Å²) < 4.78 is 5.50. The molecule has 1 amide bonds. The number of carbonyl (C=O) groups excluding carboxylic acids is 2. The molecule has 0 fully saturated rings. The topological polar surface area (TPSA) is 95.9 Å². The second-order valence-corrected chi connectivity index (χ2v) is 25.3. The Kier molecular flexibility index (Phi) is 68.9. The maximum Gasteiger partial charge on any atom is 0.305 e. The number of carbonyl (C=O) groups is 2. The van der Waals surface area contributed by atoms with Crippen LogP contribution >= 0.6 is 0 Å². The lowest BCUT2D eigenvalue weighted by atomic mass is 10.0. The molecule has 0 spiro atoms. The average molecular weight is 1140 g/mol. The molecule has 0 aromatic rings. The van der Waals surface area contributed by atoms with E-state index in [4.69, 9.17) is 4.74 Å². The Hall–Kier alpha value is -1.92. The van der Waals surface area contributed by atoms with Crippen LogP contribution in [0.2, 0.25) is 0 Å². The fourth-order valence-electron chi connectivity index (χ4n) is 11.6. The maximum absolute atomic E-state index is 12.6. The summed E-state index contributed by atoms with van der Waals surface area (Å²) in [5.74, 6) is -0.0357. The summed E-state index contributed by atoms with van der Waals surface area (Å²) >= 11 is 0. The van der Waals surface area contributed by atoms with Crippen molar-refractivity contribution in [3.05, 3.63) is 36.5 Å². The van der Waals surface area contributed by atoms with Crippen LogP contribution in [0, 0.1) is 0 Å². The zero-order valence-electron chi connectivity index (χ0n) is 54.8. The number of aliphatic hydroxyl groups is 2. The highest BCUT2D eigenvalue weighted by Crippen LogP contribution is 2.19. The van der Waals surface area contributed by atoms with E-state index in [1.807, 2.05) is 0 Å². The van der Waals surface area contributed by atoms with Gasteiger partial charge < -0.3 is 20.3 Å². The Balaban J connectivity index is 3.42. The summed E-state index contributed by atoms with van der Waals surface area (Å²) in [7, 11) is 0. The van der Waals surface area contributed by atoms with Crippen LogP contribution in [0.25, 0.3) is 0 Å². The number of esters is 1. The van der Waals surface area contributed by atoms with Crippen LogP contribution in [0.5, 0.6) is 0 Å². The van der Waals surface area contributed by atoms with Crippen LogP contribution < -0.4 is 5.32 Å². The number of unbranched alkanes of at least 4 members (excludes halogenated alkanes) is 52. The number of hydrogen-bond donors (Lipinski definition) is 3. The second-order valence-electron chi connectivity index (χ2n) is 25.3. The van der Waals surface area contributed by atoms with Crippen molar-refractivity contribution in [2.45, 2.75) is 418 Å². The lowest BCUT2D eigenvalue weighted by Crippen LogP contribution is -2.45. The van der Waals surface area contributed by atoms with Crippen LogP contribution in [-0.2, 0) is 14.3 Å². The maximum atomic E-state index is 12.6. The minimum Gasteiger partial charge on any atom is -0.466 e. The molecule has 0 aliphatic rings. The van der Waals surface area contributed by atoms with Crippen molar-refractivity contribution in [2.75, 3.05) is 13.2 Å². The van der Waals surface area contributed by atoms with Crippen molar-refractivity contribution >= 4 is 11.9 Å². The second kappa shape index (κ2) is 70.6. The van der Waals surface area contributed by atoms with E-state index in [-0.39, 0.29) is 18.5 Å². The van der Waals surface area contributed by atoms with Gasteiger partial charge in [0.15, 0.2) is 0 Å². The van der Waals surface area contributed by atoms with Gasteiger partial charge in [-0.05, 0) is 83.5 Å². The first-order chi connectivity index (χ1) is 40.0. The van der Waals surface area contributed by atoms with Gasteiger partial charge in [0.2, 0.25) is 5.91 Å². The van der Waals surface area contributed by atoms with E-state index in [0.717, 1.165) is 51.4 Å². The van der Waals surface area contributed by atoms with E-state index in [0.29, 0.717) is 25.9 Å². The van der Waals surface area contributed by atoms with Crippen molar-refractivity contribution in [2.24, 2.45) is 0 Å². The summed E-state index contributed by atoms with van der Waals surface area (Å²) in [5, 5.41) is 23.5. The van der Waals surface area contributed by atoms with Gasteiger partial charge in [0.05, 0.1) is 25.4 Å². The van der Waals surface area contributed by atoms with E-state index >= 15 is 0 Å². The molecular formula is C75H143NO5. The van der Waals surface area contributed by atoms with Gasteiger partial charge in [-0.1, -0.05) is 346 Å². The van der Waals surface area contributed by atoms with Crippen LogP contribution in [0.3, 0.4) is 0 Å². The van der Waals surface area contributed by atoms with Crippen LogP contribution in [-0.4, -0.2) is 47.4 Å². The molecule has 81 heavy (non-hydrogen) atoms. The van der Waals surface area contributed by atoms with E-state index in [1.54, 1.807) is 0 Å². The smallest absolute Gasteiger partial charge is 0.305 e. The minimum atomic E-state index is -0.672. The van der Waals surface area contributed by atoms with Crippen molar-refractivity contribution in [3.8, 4) is 0 Å². The predicted molar refractivity (Wildman–Crippen MR) is 356 cm³/mol. The lowest BCUT2D eigenvalue weighted by Gasteiger charge is -2.22. The van der Waals surface area contributed by atoms with E-state index < -0.39 is 12.1 Å². The van der Waals surface area contributed by atoms with Crippen molar-refractivity contribution < 1.29 is 24.5 Å². The van der Waals surface area contributed by atoms with Crippen LogP contribution in [0.15, 0.2) is 36.5 Å². The highest BCUT2D eigenvalue weighted by atomic mass is 16.5. The molecule has 0 saturated heterocycles. The highest BCUT2D eigenvalue weighted by Gasteiger charge is 2.20. The van der Waals surface area contributed by atoms with Gasteiger partial charge in [0.25, 0.3) is 0 Å². The Morgan fingerprint density at radius 2 is 0.617 bits per heavy atom. The fraction of sp³-hybridized carbons (Fsp3) is 0.893. The number of rotatable bonds is 69. The first kappa shape index (κ1) is 79.1. The fourth-order valence-corrected chi connectivity index (χ4v) is 11.6. The number of aliphatic hydroxyl groups excluding tert-OH is 2. The van der Waals surface area contributed by atoms with Crippen molar-refractivity contribution in [1.82, 2.24) is 5.32 Å². The number of nitrogens with one attached hydrogen (secondary N) is 1. The summed E-state index contributed by atoms with van der Waals surface area (Å²) in [6, 6.07) is -0.550. The molecule has 2 atom stereocenters. The normalized spacial score (nSPS) is 12.7. The van der Waals surface area contributed by atoms with Crippen molar-refractivity contribution in [3.63, 3.8) is 0 Å². The molecule has 478 valence electrons. The molecule has 0 heterocycles. The molecule has 6 heteroatoms. The van der Waals surface area contributed by atoms with Gasteiger partial charge in [-0.2, -0.15) is 0 Å². The molecule has 0 aromatic heterocycles. The zero-order valence-corrected chi connectivity index (χ0v) is 54.8. The number of hydrogen-bond acceptors (Lipinski definition) is 5. The molecule has 0 saturated carbocycles. The third-order valence-electron chi connectivity index (χ3n) is 17.2. The number of amides is 1. The van der Waals surface area contributed by atoms with E-state index in [1.165, 1.54) is 321 Å². The van der Waals surface area contributed by atoms with Gasteiger partial charge >= 0.3 is 5.97 Å². The third kappa shape index (κ3) is 67.1. The molecule has 0 rings (SSSR count). The van der Waals surface area contributed by atoms with Gasteiger partial charge in [-0.3, -0.25) is 9.59 Å². The average Bonchev–Trinajstić information content (AvgIpc) is 3.47. The Morgan fingerprint density at radius 1 is 0.346 bits per heavy atom. The number of ether oxygens (including phenoxy) is 1. The molecule has 0 aliphatic heterocycles. The lowest BCUT2D eigenvalue weighted by molar-refractivity contribution is -0.143. The molecule has 0 radical (unpaired) electrons. The van der Waals surface area contributed by atoms with Crippen molar-refractivity contribution in [1.29, 1.82) is 0 Å². The molecule has 2 unspecified atom stereocenters. The van der Waals surface area contributed by atoms with E-state index in [2.05, 4.69) is 55.6 Å². The van der Waals surface area contributed by atoms with Gasteiger partial charge in [0.1, 0.15) is 0 Å². The highest BCUT2D eigenvalue weighted by molar-refractivity contribution is 5.76. The van der Waals surface area contributed by atoms with Gasteiger partial charge in [-0.15, -0.1) is 0 Å². The summed E-state index contributed by atoms with van der Waals surface area (Å²) in [4.78, 5) is 24.7. The predicted octanol–water partition coefficient (Wildman–Crippen LogP) is 23.9. The van der Waals surface area contributed by atoms with Gasteiger partial charge in [0, 0.05) is 12.8 Å². The Bertz CT molecular complexity index is 1310. The molecular weight excluding hydrogens is 995 g/mol. The molecule has 0 aliphatic carbocycles. The van der Waals surface area contributed by atoms with Gasteiger partial charge in [-0.25, -0.2) is 0 Å². The molecule has 0 aromatic carbocycles. The largest absolute Gasteiger partial charge is 0.466 e. The summed E-state index contributed by atoms with van der Waals surface area (Å²) in [6.07, 6.45) is 90.5. The van der Waals surface area contributed by atoms with Crippen LogP contribution in [0.1, 0.15) is 406 Å². The molecule has 3 N–H and O–H groups in total. The van der Waals surface area contributed by atoms with E-state index in [9.17, 15) is 19.8 Å². The third-order valence-corrected chi connectivity index (χ3v) is 17.2. The minimum absolute atomic E-state index is 0.00345. The first-order valence-electron chi connectivity index (χ1n) is 36.7. The summed E-state index contributed by atoms with van der Waals surface area (Å²) in [5.41, 5.74) is 0. The zero-order chi connectivity index (χ0) is 58.5. The standard InChI is InChI=1S/C75H143NO5/c1-3-5-7-9-11-13-15-17-19-21-23-24-25-26-27-28-32-35-39-43-47-51-55-59-63-67-73(78)72(71-77)76-74(79)68-64-60-56-52-48-44-40-36-33-29-30-34-38-42-46-50-54-58-62-66-70-81-75(80)69-65-61-57-53-49-45-41-37-31-22-20-18-16-14-12-10-8-6-4-2/h12,14,18,20,29,33,72-73,77-78H,3-11,13,15-17,19,21-28,30-32,34-71H2,1-2H3,(H,76,79)/b14-12-,20-18-,33-29-.